The lowest BCUT2D eigenvalue weighted by Gasteiger charge is -2.00. The number of unbranched alkanes of at least 4 members (excludes halogenated alkanes) is 1. The lowest BCUT2D eigenvalue weighted by Crippen LogP contribution is -2.39. The van der Waals surface area contributed by atoms with Crippen molar-refractivity contribution in [3.8, 4) is 0 Å². The van der Waals surface area contributed by atoms with Crippen LogP contribution in [0.1, 0.15) is 31.2 Å². The van der Waals surface area contributed by atoms with Gasteiger partial charge in [-0.2, -0.15) is 0 Å². The van der Waals surface area contributed by atoms with Crippen molar-refractivity contribution in [3.63, 3.8) is 0 Å². The second-order valence-corrected chi connectivity index (χ2v) is 6.75. The molecule has 122 valence electrons. The van der Waals surface area contributed by atoms with E-state index in [1.165, 1.54) is 0 Å². The molecule has 1 aromatic heterocycles. The van der Waals surface area contributed by atoms with Gasteiger partial charge in [0.05, 0.1) is 12.8 Å². The van der Waals surface area contributed by atoms with Gasteiger partial charge in [-0.05, 0) is 24.1 Å². The highest BCUT2D eigenvalue weighted by Gasteiger charge is 2.26. The highest BCUT2D eigenvalue weighted by molar-refractivity contribution is 8.11. The Morgan fingerprint density at radius 1 is 1.17 bits per heavy atom. The largest absolute Gasteiger partial charge is 0.332 e. The summed E-state index contributed by atoms with van der Waals surface area (Å²) >= 11 is 9.86. The molecule has 2 aromatic carbocycles. The maximum atomic E-state index is 5.41. The predicted molar refractivity (Wildman–Crippen MR) is 107 cm³/mol. The number of nitrogens with zero attached hydrogens (tertiary/aromatic N) is 3. The Bertz CT molecular complexity index is 882. The Morgan fingerprint density at radius 3 is 2.58 bits per heavy atom. The maximum absolute atomic E-state index is 5.41. The van der Waals surface area contributed by atoms with Gasteiger partial charge in [-0.15, -0.1) is 12.6 Å². The molecule has 0 saturated carbocycles. The summed E-state index contributed by atoms with van der Waals surface area (Å²) in [7, 11) is 0. The van der Waals surface area contributed by atoms with Crippen LogP contribution >= 0.6 is 24.8 Å². The molecule has 0 amide bonds. The van der Waals surface area contributed by atoms with Crippen LogP contribution in [0.25, 0.3) is 11.0 Å². The summed E-state index contributed by atoms with van der Waals surface area (Å²) in [5.41, 5.74) is 3.21. The van der Waals surface area contributed by atoms with Crippen LogP contribution in [0.3, 0.4) is 0 Å². The molecule has 0 aliphatic rings. The van der Waals surface area contributed by atoms with Crippen molar-refractivity contribution < 1.29 is 4.57 Å². The third kappa shape index (κ3) is 3.42. The van der Waals surface area contributed by atoms with Crippen LogP contribution in [0, 0.1) is 0 Å². The fourth-order valence-electron chi connectivity index (χ4n) is 2.74. The number of para-hydroxylation sites is 2. The van der Waals surface area contributed by atoms with Crippen molar-refractivity contribution in [2.45, 2.75) is 26.3 Å². The van der Waals surface area contributed by atoms with Crippen LogP contribution in [-0.4, -0.2) is 15.1 Å². The molecule has 0 aliphatic carbocycles. The van der Waals surface area contributed by atoms with Gasteiger partial charge < -0.3 is 0 Å². The summed E-state index contributed by atoms with van der Waals surface area (Å²) in [6.07, 6.45) is 4.06. The molecule has 0 bridgehead atoms. The van der Waals surface area contributed by atoms with Crippen LogP contribution < -0.4 is 4.57 Å². The topological polar surface area (TPSA) is 21.2 Å². The first kappa shape index (κ1) is 16.9. The van der Waals surface area contributed by atoms with E-state index in [-0.39, 0.29) is 0 Å². The van der Waals surface area contributed by atoms with Crippen molar-refractivity contribution >= 4 is 46.3 Å². The first-order valence-electron chi connectivity index (χ1n) is 8.08. The summed E-state index contributed by atoms with van der Waals surface area (Å²) in [6, 6.07) is 18.3. The van der Waals surface area contributed by atoms with E-state index >= 15 is 0 Å². The van der Waals surface area contributed by atoms with Crippen LogP contribution in [0.2, 0.25) is 0 Å². The molecule has 24 heavy (non-hydrogen) atoms. The quantitative estimate of drug-likeness (QED) is 0.304. The average Bonchev–Trinajstić information content (AvgIpc) is 2.93. The number of rotatable bonds is 6. The van der Waals surface area contributed by atoms with E-state index < -0.39 is 0 Å². The van der Waals surface area contributed by atoms with Gasteiger partial charge >= 0.3 is 5.82 Å². The molecule has 0 unspecified atom stereocenters. The van der Waals surface area contributed by atoms with Crippen molar-refractivity contribution in [2.24, 2.45) is 5.10 Å². The van der Waals surface area contributed by atoms with Gasteiger partial charge in [-0.25, -0.2) is 4.57 Å². The Hall–Kier alpha value is -1.98. The van der Waals surface area contributed by atoms with E-state index in [0.29, 0.717) is 4.20 Å². The third-order valence-electron chi connectivity index (χ3n) is 3.91. The maximum Gasteiger partial charge on any atom is 0.332 e. The number of fused-ring (bicyclic) bond motifs is 1. The molecule has 0 N–H and O–H groups in total. The van der Waals surface area contributed by atoms with Gasteiger partial charge in [-0.3, -0.25) is 0 Å². The van der Waals surface area contributed by atoms with Gasteiger partial charge in [-0.1, -0.05) is 77.8 Å². The molecule has 0 saturated heterocycles. The first-order chi connectivity index (χ1) is 11.7. The zero-order chi connectivity index (χ0) is 16.9. The van der Waals surface area contributed by atoms with E-state index in [1.807, 2.05) is 53.4 Å². The second-order valence-electron chi connectivity index (χ2n) is 5.59. The standard InChI is InChI=1S/C19H19N3S2/c1-2-3-13-21-16-11-7-8-12-17(16)22(18(21)19(23)24)20-14-15-9-5-4-6-10-15/h4-12,14H,2-3,13H2,1H3/p+1/b20-14+. The highest BCUT2D eigenvalue weighted by atomic mass is 32.1. The number of thiocarbonyl (C=S) groups is 1. The van der Waals surface area contributed by atoms with E-state index in [0.717, 1.165) is 41.8 Å². The molecule has 0 aliphatic heterocycles. The van der Waals surface area contributed by atoms with Gasteiger partial charge in [0.2, 0.25) is 5.52 Å². The lowest BCUT2D eigenvalue weighted by molar-refractivity contribution is -0.673. The van der Waals surface area contributed by atoms with Crippen LogP contribution in [0.15, 0.2) is 59.7 Å². The molecule has 1 heterocycles. The number of benzene rings is 2. The molecule has 0 radical (unpaired) electrons. The second kappa shape index (κ2) is 7.73. The highest BCUT2D eigenvalue weighted by Crippen LogP contribution is 2.17. The summed E-state index contributed by atoms with van der Waals surface area (Å²) in [5.74, 6) is 0.857. The van der Waals surface area contributed by atoms with Gasteiger partial charge in [0, 0.05) is 0 Å². The minimum absolute atomic E-state index is 0.549. The Kier molecular flexibility index (Phi) is 5.43. The van der Waals surface area contributed by atoms with E-state index in [2.05, 4.69) is 41.4 Å². The van der Waals surface area contributed by atoms with Crippen LogP contribution in [0.4, 0.5) is 0 Å². The molecule has 3 aromatic rings. The Labute approximate surface area is 153 Å². The minimum Gasteiger partial charge on any atom is -0.220 e. The minimum atomic E-state index is 0.549. The van der Waals surface area contributed by atoms with E-state index in [4.69, 9.17) is 12.2 Å². The Morgan fingerprint density at radius 2 is 1.88 bits per heavy atom. The van der Waals surface area contributed by atoms with Crippen molar-refractivity contribution in [1.29, 1.82) is 0 Å². The smallest absolute Gasteiger partial charge is 0.220 e. The van der Waals surface area contributed by atoms with Gasteiger partial charge in [0.1, 0.15) is 0 Å². The number of aryl methyl sites for hydroxylation is 1. The van der Waals surface area contributed by atoms with Crippen LogP contribution in [-0.2, 0) is 6.54 Å². The molecule has 3 nitrogen and oxygen atoms in total. The molecule has 0 atom stereocenters. The average molecular weight is 355 g/mol. The monoisotopic (exact) mass is 354 g/mol. The molecule has 0 spiro atoms. The normalized spacial score (nSPS) is 11.4. The number of hydrogen-bond acceptors (Lipinski definition) is 2. The molecular weight excluding hydrogens is 334 g/mol. The number of thiol groups is 1. The van der Waals surface area contributed by atoms with Gasteiger partial charge in [0.15, 0.2) is 9.71 Å². The molecule has 0 fully saturated rings. The number of imidazole rings is 1. The predicted octanol–water partition coefficient (Wildman–Crippen LogP) is 4.22. The number of hydrogen-bond donors (Lipinski definition) is 1. The number of aromatic nitrogens is 2. The zero-order valence-electron chi connectivity index (χ0n) is 13.6. The summed E-state index contributed by atoms with van der Waals surface area (Å²) in [5, 5.41) is 4.69. The fraction of sp³-hybridized carbons (Fsp3) is 0.211. The van der Waals surface area contributed by atoms with Crippen molar-refractivity contribution in [1.82, 2.24) is 4.68 Å². The summed E-state index contributed by atoms with van der Waals surface area (Å²) < 4.78 is 4.66. The SMILES string of the molecule is CCCC[n+]1c(C(=S)S)n(/N=C/c2ccccc2)c2ccccc21. The first-order valence-corrected chi connectivity index (χ1v) is 8.94. The lowest BCUT2D eigenvalue weighted by atomic mass is 10.2. The van der Waals surface area contributed by atoms with E-state index in [1.54, 1.807) is 0 Å². The van der Waals surface area contributed by atoms with E-state index in [9.17, 15) is 0 Å². The van der Waals surface area contributed by atoms with Gasteiger partial charge in [0.25, 0.3) is 0 Å². The summed E-state index contributed by atoms with van der Waals surface area (Å²) in [6.45, 7) is 3.09. The zero-order valence-corrected chi connectivity index (χ0v) is 15.3. The summed E-state index contributed by atoms with van der Waals surface area (Å²) in [4.78, 5) is 0. The molecule has 3 rings (SSSR count). The third-order valence-corrected chi connectivity index (χ3v) is 4.29. The molecular formula is C19H20N3S2+. The van der Waals surface area contributed by atoms with Crippen LogP contribution in [0.5, 0.6) is 0 Å². The Balaban J connectivity index is 2.16. The van der Waals surface area contributed by atoms with Crippen molar-refractivity contribution in [2.75, 3.05) is 0 Å². The van der Waals surface area contributed by atoms with Crippen molar-refractivity contribution in [3.05, 3.63) is 66.0 Å². The molecule has 5 heteroatoms. The fourth-order valence-corrected chi connectivity index (χ4v) is 3.16.